The molecule has 0 bridgehead atoms. The number of ketones is 2. The van der Waals surface area contributed by atoms with Crippen molar-refractivity contribution in [1.82, 2.24) is 8.96 Å². The molecule has 0 aliphatic carbocycles. The van der Waals surface area contributed by atoms with Crippen LogP contribution in [0.25, 0.3) is 33.9 Å². The van der Waals surface area contributed by atoms with E-state index in [1.54, 1.807) is 42.5 Å². The number of hydrogen-bond donors (Lipinski definition) is 0. The molecule has 8 heteroatoms. The Morgan fingerprint density at radius 3 is 1.86 bits per heavy atom. The molecule has 1 heterocycles. The van der Waals surface area contributed by atoms with Crippen molar-refractivity contribution < 1.29 is 22.7 Å². The second-order valence-electron chi connectivity index (χ2n) is 10.8. The molecule has 224 valence electrons. The van der Waals surface area contributed by atoms with Crippen LogP contribution in [0, 0.1) is 6.92 Å². The Labute approximate surface area is 258 Å². The smallest absolute Gasteiger partial charge is 0.270 e. The minimum Gasteiger partial charge on any atom is -0.494 e. The van der Waals surface area contributed by atoms with Crippen molar-refractivity contribution in [3.8, 4) is 39.7 Å². The maximum atomic E-state index is 14.6. The molecule has 0 saturated heterocycles. The Balaban J connectivity index is 1.89. The van der Waals surface area contributed by atoms with Gasteiger partial charge in [-0.2, -0.15) is 0 Å². The quantitative estimate of drug-likeness (QED) is 0.159. The third kappa shape index (κ3) is 6.55. The lowest BCUT2D eigenvalue weighted by Crippen LogP contribution is -2.16. The Hall–Kier alpha value is -4.82. The second kappa shape index (κ2) is 12.8. The van der Waals surface area contributed by atoms with E-state index in [4.69, 9.17) is 9.72 Å². The average molecular weight is 607 g/mol. The van der Waals surface area contributed by atoms with E-state index < -0.39 is 10.0 Å². The molecular formula is C36H34N2O5S. The molecule has 0 saturated carbocycles. The molecule has 7 nitrogen and oxygen atoms in total. The number of nitrogens with zero attached hydrogens (tertiary/aromatic N) is 2. The fourth-order valence-electron chi connectivity index (χ4n) is 5.23. The zero-order chi connectivity index (χ0) is 31.4. The highest BCUT2D eigenvalue weighted by atomic mass is 32.2. The number of Topliss-reactive ketones (excluding diaryl/α,β-unsaturated/α-hetero) is 2. The summed E-state index contributed by atoms with van der Waals surface area (Å²) in [6.07, 6.45) is 0.281. The largest absolute Gasteiger partial charge is 0.494 e. The predicted octanol–water partition coefficient (Wildman–Crippen LogP) is 7.09. The molecule has 4 aromatic carbocycles. The lowest BCUT2D eigenvalue weighted by Gasteiger charge is -2.15. The van der Waals surface area contributed by atoms with Crippen LogP contribution in [0.4, 0.5) is 0 Å². The van der Waals surface area contributed by atoms with Gasteiger partial charge < -0.3 is 4.74 Å². The van der Waals surface area contributed by atoms with Gasteiger partial charge in [0.15, 0.2) is 5.82 Å². The number of benzene rings is 4. The van der Waals surface area contributed by atoms with Crippen molar-refractivity contribution >= 4 is 21.6 Å². The van der Waals surface area contributed by atoms with Crippen LogP contribution in [-0.4, -0.2) is 35.5 Å². The molecule has 0 amide bonds. The monoisotopic (exact) mass is 606 g/mol. The van der Waals surface area contributed by atoms with Crippen LogP contribution in [-0.2, 0) is 32.5 Å². The number of ether oxygens (including phenoxy) is 1. The lowest BCUT2D eigenvalue weighted by molar-refractivity contribution is -0.117. The molecule has 1 aromatic heterocycles. The molecule has 0 spiro atoms. The highest BCUT2D eigenvalue weighted by Gasteiger charge is 2.30. The van der Waals surface area contributed by atoms with Crippen LogP contribution in [0.15, 0.2) is 102 Å². The van der Waals surface area contributed by atoms with Crippen molar-refractivity contribution in [2.24, 2.45) is 0 Å². The van der Waals surface area contributed by atoms with Gasteiger partial charge in [0.25, 0.3) is 10.0 Å². The van der Waals surface area contributed by atoms with Crippen molar-refractivity contribution in [2.75, 3.05) is 6.61 Å². The summed E-state index contributed by atoms with van der Waals surface area (Å²) in [6.45, 7) is 7.38. The van der Waals surface area contributed by atoms with Crippen LogP contribution in [0.2, 0.25) is 0 Å². The molecule has 5 rings (SSSR count). The number of carbonyl (C=O) groups excluding carboxylic acids is 2. The summed E-state index contributed by atoms with van der Waals surface area (Å²) in [5.74, 6) is 0.748. The summed E-state index contributed by atoms with van der Waals surface area (Å²) < 4.78 is 36.2. The summed E-state index contributed by atoms with van der Waals surface area (Å²) in [5.41, 5.74) is 5.14. The summed E-state index contributed by atoms with van der Waals surface area (Å²) in [6, 6.07) is 28.7. The molecule has 0 aliphatic rings. The van der Waals surface area contributed by atoms with E-state index in [-0.39, 0.29) is 35.1 Å². The number of imidazole rings is 1. The van der Waals surface area contributed by atoms with Crippen LogP contribution >= 0.6 is 0 Å². The Morgan fingerprint density at radius 2 is 1.32 bits per heavy atom. The fraction of sp³-hybridized carbons (Fsp3) is 0.194. The first-order valence-corrected chi connectivity index (χ1v) is 15.9. The molecule has 5 aromatic rings. The van der Waals surface area contributed by atoms with Gasteiger partial charge in [-0.05, 0) is 87.4 Å². The minimum absolute atomic E-state index is 0.0494. The molecule has 0 aliphatic heterocycles. The highest BCUT2D eigenvalue weighted by molar-refractivity contribution is 7.90. The SMILES string of the molecule is CCOc1ccc(-c2c(-c3ccc(C)cc3)nc(-c3cc(CC(C)=O)cc(CC(C)=O)c3)n2S(=O)(=O)c2ccccc2)cc1. The predicted molar refractivity (Wildman–Crippen MR) is 172 cm³/mol. The molecular weight excluding hydrogens is 572 g/mol. The van der Waals surface area contributed by atoms with E-state index in [2.05, 4.69) is 0 Å². The van der Waals surface area contributed by atoms with Crippen molar-refractivity contribution in [3.63, 3.8) is 0 Å². The van der Waals surface area contributed by atoms with E-state index >= 15 is 0 Å². The first kappa shape index (κ1) is 30.6. The lowest BCUT2D eigenvalue weighted by atomic mass is 9.99. The maximum Gasteiger partial charge on any atom is 0.270 e. The van der Waals surface area contributed by atoms with E-state index in [0.717, 1.165) is 11.1 Å². The third-order valence-corrected chi connectivity index (χ3v) is 8.80. The number of aromatic nitrogens is 2. The highest BCUT2D eigenvalue weighted by Crippen LogP contribution is 2.40. The maximum absolute atomic E-state index is 14.6. The fourth-order valence-corrected chi connectivity index (χ4v) is 6.75. The Morgan fingerprint density at radius 1 is 0.750 bits per heavy atom. The van der Waals surface area contributed by atoms with E-state index in [1.165, 1.54) is 17.8 Å². The second-order valence-corrected chi connectivity index (χ2v) is 12.6. The number of hydrogen-bond acceptors (Lipinski definition) is 6. The number of carbonyl (C=O) groups is 2. The van der Waals surface area contributed by atoms with Gasteiger partial charge in [-0.15, -0.1) is 0 Å². The van der Waals surface area contributed by atoms with Crippen molar-refractivity contribution in [2.45, 2.75) is 45.4 Å². The summed E-state index contributed by atoms with van der Waals surface area (Å²) in [4.78, 5) is 29.4. The Kier molecular flexibility index (Phi) is 8.92. The third-order valence-electron chi connectivity index (χ3n) is 7.10. The summed E-state index contributed by atoms with van der Waals surface area (Å²) >= 11 is 0. The zero-order valence-electron chi connectivity index (χ0n) is 25.2. The van der Waals surface area contributed by atoms with Gasteiger partial charge in [-0.3, -0.25) is 9.59 Å². The van der Waals surface area contributed by atoms with Crippen LogP contribution in [0.1, 0.15) is 37.5 Å². The minimum atomic E-state index is -4.20. The van der Waals surface area contributed by atoms with Gasteiger partial charge in [-0.1, -0.05) is 54.1 Å². The number of rotatable bonds is 11. The first-order valence-electron chi connectivity index (χ1n) is 14.4. The molecule has 0 atom stereocenters. The molecule has 0 radical (unpaired) electrons. The van der Waals surface area contributed by atoms with Crippen LogP contribution in [0.3, 0.4) is 0 Å². The average Bonchev–Trinajstić information content (AvgIpc) is 3.39. The Bertz CT molecular complexity index is 1890. The standard InChI is InChI=1S/C36H34N2O5S/c1-5-43-32-17-15-30(16-18-32)35-34(29-13-11-24(2)12-14-29)37-36(38(35)44(41,42)33-9-7-6-8-10-33)31-22-27(19-25(3)39)21-28(23-31)20-26(4)40/h6-18,21-23H,5,19-20H2,1-4H3. The van der Waals surface area contributed by atoms with E-state index in [1.807, 2.05) is 68.4 Å². The van der Waals surface area contributed by atoms with Gasteiger partial charge in [0, 0.05) is 29.5 Å². The topological polar surface area (TPSA) is 95.3 Å². The van der Waals surface area contributed by atoms with Gasteiger partial charge in [-0.25, -0.2) is 17.4 Å². The van der Waals surface area contributed by atoms with E-state index in [9.17, 15) is 18.0 Å². The van der Waals surface area contributed by atoms with Gasteiger partial charge in [0.1, 0.15) is 17.3 Å². The van der Waals surface area contributed by atoms with Crippen LogP contribution < -0.4 is 4.74 Å². The van der Waals surface area contributed by atoms with Crippen molar-refractivity contribution in [3.05, 3.63) is 114 Å². The van der Waals surface area contributed by atoms with Crippen molar-refractivity contribution in [1.29, 1.82) is 0 Å². The van der Waals surface area contributed by atoms with Gasteiger partial charge in [0.2, 0.25) is 0 Å². The molecule has 0 N–H and O–H groups in total. The summed E-state index contributed by atoms with van der Waals surface area (Å²) in [7, 11) is -4.20. The molecule has 0 fully saturated rings. The first-order chi connectivity index (χ1) is 21.1. The molecule has 0 unspecified atom stereocenters. The number of aryl methyl sites for hydroxylation is 1. The van der Waals surface area contributed by atoms with Crippen LogP contribution in [0.5, 0.6) is 5.75 Å². The summed E-state index contributed by atoms with van der Waals surface area (Å²) in [5, 5.41) is 0. The van der Waals surface area contributed by atoms with Gasteiger partial charge in [0.05, 0.1) is 22.9 Å². The van der Waals surface area contributed by atoms with Gasteiger partial charge >= 0.3 is 0 Å². The van der Waals surface area contributed by atoms with E-state index in [0.29, 0.717) is 46.0 Å². The normalized spacial score (nSPS) is 11.4. The molecule has 44 heavy (non-hydrogen) atoms. The zero-order valence-corrected chi connectivity index (χ0v) is 26.0.